The Hall–Kier alpha value is -2.21. The molecule has 0 aliphatic carbocycles. The van der Waals surface area contributed by atoms with Crippen molar-refractivity contribution in [3.63, 3.8) is 0 Å². The molecule has 1 N–H and O–H groups in total. The topological polar surface area (TPSA) is 63.6 Å². The van der Waals surface area contributed by atoms with Crippen LogP contribution in [0.1, 0.15) is 15.9 Å². The minimum absolute atomic E-state index is 0.131. The van der Waals surface area contributed by atoms with Gasteiger partial charge in [0.15, 0.2) is 11.6 Å². The van der Waals surface area contributed by atoms with Gasteiger partial charge in [-0.25, -0.2) is 9.18 Å². The molecule has 2 aromatic rings. The van der Waals surface area contributed by atoms with Gasteiger partial charge in [0.05, 0.1) is 29.2 Å². The monoisotopic (exact) mass is 308 g/mol. The van der Waals surface area contributed by atoms with Crippen molar-refractivity contribution in [2.24, 2.45) is 0 Å². The molecule has 0 aliphatic heterocycles. The molecule has 21 heavy (non-hydrogen) atoms. The lowest BCUT2D eigenvalue weighted by molar-refractivity contribution is 0.0697. The third-order valence-electron chi connectivity index (χ3n) is 2.88. The summed E-state index contributed by atoms with van der Waals surface area (Å²) in [5, 5.41) is 8.80. The highest BCUT2D eigenvalue weighted by molar-refractivity contribution is 7.84. The zero-order chi connectivity index (χ0) is 15.4. The van der Waals surface area contributed by atoms with Crippen LogP contribution in [0.5, 0.6) is 5.75 Å². The number of halogens is 1. The van der Waals surface area contributed by atoms with Crippen molar-refractivity contribution in [2.45, 2.75) is 10.6 Å². The van der Waals surface area contributed by atoms with Gasteiger partial charge in [0.1, 0.15) is 0 Å². The van der Waals surface area contributed by atoms with Gasteiger partial charge in [0, 0.05) is 4.90 Å². The molecule has 4 nitrogen and oxygen atoms in total. The van der Waals surface area contributed by atoms with Gasteiger partial charge in [-0.15, -0.1) is 0 Å². The zero-order valence-corrected chi connectivity index (χ0v) is 12.0. The average molecular weight is 308 g/mol. The predicted octanol–water partition coefficient (Wildman–Crippen LogP) is 2.84. The Morgan fingerprint density at radius 3 is 2.43 bits per heavy atom. The normalized spacial score (nSPS) is 11.9. The minimum Gasteiger partial charge on any atom is -0.494 e. The van der Waals surface area contributed by atoms with Crippen LogP contribution in [0.15, 0.2) is 47.4 Å². The summed E-state index contributed by atoms with van der Waals surface area (Å²) in [6.07, 6.45) is 0. The molecule has 2 aromatic carbocycles. The maximum atomic E-state index is 13.6. The predicted molar refractivity (Wildman–Crippen MR) is 76.5 cm³/mol. The average Bonchev–Trinajstić information content (AvgIpc) is 2.47. The lowest BCUT2D eigenvalue weighted by atomic mass is 10.2. The van der Waals surface area contributed by atoms with Gasteiger partial charge in [0.25, 0.3) is 0 Å². The van der Waals surface area contributed by atoms with Crippen LogP contribution < -0.4 is 4.74 Å². The lowest BCUT2D eigenvalue weighted by Crippen LogP contribution is -2.00. The largest absolute Gasteiger partial charge is 0.494 e. The van der Waals surface area contributed by atoms with Crippen molar-refractivity contribution >= 4 is 16.8 Å². The summed E-state index contributed by atoms with van der Waals surface area (Å²) in [6, 6.07) is 10.2. The maximum Gasteiger partial charge on any atom is 0.335 e. The van der Waals surface area contributed by atoms with Gasteiger partial charge in [-0.3, -0.25) is 4.21 Å². The standard InChI is InChI=1S/C15H13FO4S/c1-20-14-7-2-10(8-13(14)16)9-21(19)12-5-3-11(4-6-12)15(17)18/h2-8H,9H2,1H3,(H,17,18). The van der Waals surface area contributed by atoms with Crippen molar-refractivity contribution < 1.29 is 23.2 Å². The second-order valence-electron chi connectivity index (χ2n) is 4.29. The highest BCUT2D eigenvalue weighted by Gasteiger charge is 2.10. The molecule has 0 aromatic heterocycles. The number of methoxy groups -OCH3 is 1. The van der Waals surface area contributed by atoms with Gasteiger partial charge >= 0.3 is 5.97 Å². The summed E-state index contributed by atoms with van der Waals surface area (Å²) in [6.45, 7) is 0. The first-order valence-corrected chi connectivity index (χ1v) is 7.37. The van der Waals surface area contributed by atoms with E-state index in [0.29, 0.717) is 10.5 Å². The molecule has 0 fully saturated rings. The first kappa shape index (κ1) is 15.2. The molecule has 6 heteroatoms. The molecule has 0 saturated heterocycles. The summed E-state index contributed by atoms with van der Waals surface area (Å²) in [5.74, 6) is -1.26. The first-order valence-electron chi connectivity index (χ1n) is 6.05. The van der Waals surface area contributed by atoms with Gasteiger partial charge in [-0.05, 0) is 42.0 Å². The lowest BCUT2D eigenvalue weighted by Gasteiger charge is -2.06. The molecule has 0 aliphatic rings. The molecular formula is C15H13FO4S. The van der Waals surface area contributed by atoms with Gasteiger partial charge in [-0.1, -0.05) is 6.07 Å². The highest BCUT2D eigenvalue weighted by atomic mass is 32.2. The van der Waals surface area contributed by atoms with Crippen LogP contribution in [-0.2, 0) is 16.6 Å². The molecule has 2 rings (SSSR count). The fourth-order valence-electron chi connectivity index (χ4n) is 1.78. The summed E-state index contributed by atoms with van der Waals surface area (Å²) in [7, 11) is 0.00211. The van der Waals surface area contributed by atoms with Crippen molar-refractivity contribution in [2.75, 3.05) is 7.11 Å². The van der Waals surface area contributed by atoms with Crippen molar-refractivity contribution in [3.05, 3.63) is 59.4 Å². The van der Waals surface area contributed by atoms with E-state index in [4.69, 9.17) is 9.84 Å². The van der Waals surface area contributed by atoms with E-state index in [1.165, 1.54) is 43.5 Å². The second-order valence-corrected chi connectivity index (χ2v) is 5.74. The van der Waals surface area contributed by atoms with E-state index in [1.54, 1.807) is 6.07 Å². The quantitative estimate of drug-likeness (QED) is 0.922. The van der Waals surface area contributed by atoms with Crippen LogP contribution in [0.4, 0.5) is 4.39 Å². The highest BCUT2D eigenvalue weighted by Crippen LogP contribution is 2.20. The van der Waals surface area contributed by atoms with Gasteiger partial charge in [0.2, 0.25) is 0 Å². The summed E-state index contributed by atoms with van der Waals surface area (Å²) in [4.78, 5) is 11.2. The van der Waals surface area contributed by atoms with Crippen molar-refractivity contribution in [1.29, 1.82) is 0 Å². The molecule has 110 valence electrons. The fourth-order valence-corrected chi connectivity index (χ4v) is 2.87. The first-order chi connectivity index (χ1) is 10.0. The van der Waals surface area contributed by atoms with Crippen LogP contribution in [0.25, 0.3) is 0 Å². The molecule has 0 heterocycles. The van der Waals surface area contributed by atoms with Crippen LogP contribution in [0.3, 0.4) is 0 Å². The Kier molecular flexibility index (Phi) is 4.70. The SMILES string of the molecule is COc1ccc(CS(=O)c2ccc(C(=O)O)cc2)cc1F. The van der Waals surface area contributed by atoms with Crippen LogP contribution in [-0.4, -0.2) is 22.4 Å². The van der Waals surface area contributed by atoms with E-state index in [2.05, 4.69) is 0 Å². The Bertz CT molecular complexity index is 683. The van der Waals surface area contributed by atoms with Crippen molar-refractivity contribution in [1.82, 2.24) is 0 Å². The zero-order valence-electron chi connectivity index (χ0n) is 11.2. The Labute approximate surface area is 123 Å². The van der Waals surface area contributed by atoms with E-state index >= 15 is 0 Å². The Morgan fingerprint density at radius 2 is 1.90 bits per heavy atom. The molecule has 1 atom stereocenters. The van der Waals surface area contributed by atoms with E-state index in [0.717, 1.165) is 0 Å². The molecule has 0 spiro atoms. The Balaban J connectivity index is 2.14. The number of benzene rings is 2. The van der Waals surface area contributed by atoms with Crippen molar-refractivity contribution in [3.8, 4) is 5.75 Å². The number of carboxylic acid groups (broad SMARTS) is 1. The van der Waals surface area contributed by atoms with Crippen LogP contribution in [0, 0.1) is 5.82 Å². The smallest absolute Gasteiger partial charge is 0.335 e. The van der Waals surface area contributed by atoms with Crippen LogP contribution >= 0.6 is 0 Å². The van der Waals surface area contributed by atoms with Crippen LogP contribution in [0.2, 0.25) is 0 Å². The van der Waals surface area contributed by atoms with Gasteiger partial charge < -0.3 is 9.84 Å². The third kappa shape index (κ3) is 3.66. The number of carbonyl (C=O) groups is 1. The molecule has 0 amide bonds. The number of hydrogen-bond donors (Lipinski definition) is 1. The molecular weight excluding hydrogens is 295 g/mol. The molecule has 0 bridgehead atoms. The number of rotatable bonds is 5. The summed E-state index contributed by atoms with van der Waals surface area (Å²) >= 11 is 0. The molecule has 0 saturated carbocycles. The third-order valence-corrected chi connectivity index (χ3v) is 4.27. The summed E-state index contributed by atoms with van der Waals surface area (Å²) in [5.41, 5.74) is 0.709. The number of carboxylic acids is 1. The van der Waals surface area contributed by atoms with E-state index in [1.807, 2.05) is 0 Å². The Morgan fingerprint density at radius 1 is 1.24 bits per heavy atom. The van der Waals surface area contributed by atoms with E-state index < -0.39 is 22.6 Å². The number of ether oxygens (including phenoxy) is 1. The minimum atomic E-state index is -1.37. The second kappa shape index (κ2) is 6.49. The van der Waals surface area contributed by atoms with E-state index in [-0.39, 0.29) is 17.1 Å². The fraction of sp³-hybridized carbons (Fsp3) is 0.133. The number of hydrogen-bond acceptors (Lipinski definition) is 3. The molecule has 0 radical (unpaired) electrons. The van der Waals surface area contributed by atoms with E-state index in [9.17, 15) is 13.4 Å². The molecule has 1 unspecified atom stereocenters. The number of aromatic carboxylic acids is 1. The summed E-state index contributed by atoms with van der Waals surface area (Å²) < 4.78 is 30.5. The van der Waals surface area contributed by atoms with Gasteiger partial charge in [-0.2, -0.15) is 0 Å². The maximum absolute atomic E-state index is 13.6.